The average molecular weight is 442 g/mol. The molecule has 2 heterocycles. The van der Waals surface area contributed by atoms with E-state index in [0.29, 0.717) is 47.7 Å². The van der Waals surface area contributed by atoms with Gasteiger partial charge in [0, 0.05) is 17.4 Å². The molecule has 0 aliphatic carbocycles. The van der Waals surface area contributed by atoms with E-state index in [2.05, 4.69) is 25.6 Å². The quantitative estimate of drug-likeness (QED) is 0.506. The number of carbonyl (C=O) groups excluding carboxylic acids is 1. The molecule has 0 spiro atoms. The number of carbonyl (C=O) groups is 1. The molecular formula is C20H19FN6O3S. The lowest BCUT2D eigenvalue weighted by atomic mass is 10.2. The van der Waals surface area contributed by atoms with Crippen molar-refractivity contribution >= 4 is 40.9 Å². The first kappa shape index (κ1) is 20.7. The van der Waals surface area contributed by atoms with E-state index in [-0.39, 0.29) is 29.4 Å². The van der Waals surface area contributed by atoms with Crippen LogP contribution in [-0.4, -0.2) is 39.8 Å². The molecule has 0 atom stereocenters. The van der Waals surface area contributed by atoms with Crippen LogP contribution in [-0.2, 0) is 10.5 Å². The number of nitrogens with one attached hydrogen (secondary N) is 2. The smallest absolute Gasteiger partial charge is 0.234 e. The van der Waals surface area contributed by atoms with Crippen LogP contribution in [0.5, 0.6) is 11.5 Å². The number of amides is 1. The van der Waals surface area contributed by atoms with E-state index in [4.69, 9.17) is 15.2 Å². The highest BCUT2D eigenvalue weighted by atomic mass is 32.2. The predicted octanol–water partition coefficient (Wildman–Crippen LogP) is 2.98. The summed E-state index contributed by atoms with van der Waals surface area (Å²) < 4.78 is 24.0. The number of ether oxygens (including phenoxy) is 2. The van der Waals surface area contributed by atoms with Crippen LogP contribution in [0.15, 0.2) is 42.5 Å². The third-order valence-corrected chi connectivity index (χ3v) is 5.02. The second-order valence-corrected chi connectivity index (χ2v) is 7.45. The molecule has 4 N–H and O–H groups in total. The van der Waals surface area contributed by atoms with Crippen molar-refractivity contribution in [1.29, 1.82) is 0 Å². The third kappa shape index (κ3) is 5.72. The fourth-order valence-corrected chi connectivity index (χ4v) is 3.45. The molecule has 9 nitrogen and oxygen atoms in total. The molecule has 1 aliphatic heterocycles. The number of aromatic nitrogens is 3. The van der Waals surface area contributed by atoms with E-state index >= 15 is 0 Å². The molecule has 1 aliphatic rings. The Labute approximate surface area is 181 Å². The van der Waals surface area contributed by atoms with Gasteiger partial charge in [0.25, 0.3) is 0 Å². The Kier molecular flexibility index (Phi) is 6.32. The summed E-state index contributed by atoms with van der Waals surface area (Å²) in [4.78, 5) is 24.7. The molecule has 0 bridgehead atoms. The zero-order valence-corrected chi connectivity index (χ0v) is 17.1. The van der Waals surface area contributed by atoms with Gasteiger partial charge in [-0.25, -0.2) is 4.39 Å². The normalized spacial score (nSPS) is 12.3. The summed E-state index contributed by atoms with van der Waals surface area (Å²) in [6.07, 6.45) is 0. The lowest BCUT2D eigenvalue weighted by Gasteiger charge is -2.19. The van der Waals surface area contributed by atoms with Gasteiger partial charge < -0.3 is 25.8 Å². The number of rotatable bonds is 7. The van der Waals surface area contributed by atoms with E-state index in [1.54, 1.807) is 30.3 Å². The lowest BCUT2D eigenvalue weighted by molar-refractivity contribution is -0.113. The molecule has 3 aromatic rings. The van der Waals surface area contributed by atoms with Crippen LogP contribution in [0, 0.1) is 5.82 Å². The minimum Gasteiger partial charge on any atom is -0.486 e. The summed E-state index contributed by atoms with van der Waals surface area (Å²) in [5.74, 6) is 2.04. The molecule has 0 radical (unpaired) electrons. The summed E-state index contributed by atoms with van der Waals surface area (Å²) >= 11 is 1.33. The molecule has 0 saturated heterocycles. The van der Waals surface area contributed by atoms with Crippen LogP contribution in [0.3, 0.4) is 0 Å². The monoisotopic (exact) mass is 442 g/mol. The summed E-state index contributed by atoms with van der Waals surface area (Å²) in [7, 11) is 0. The molecule has 1 amide bonds. The zero-order valence-electron chi connectivity index (χ0n) is 16.3. The van der Waals surface area contributed by atoms with E-state index in [1.807, 2.05) is 0 Å². The zero-order chi connectivity index (χ0) is 21.6. The van der Waals surface area contributed by atoms with Gasteiger partial charge in [-0.15, -0.1) is 11.8 Å². The van der Waals surface area contributed by atoms with Gasteiger partial charge in [-0.3, -0.25) is 4.79 Å². The molecule has 0 fully saturated rings. The Balaban J connectivity index is 1.30. The van der Waals surface area contributed by atoms with Gasteiger partial charge in [-0.1, -0.05) is 0 Å². The highest BCUT2D eigenvalue weighted by Gasteiger charge is 2.13. The largest absolute Gasteiger partial charge is 0.486 e. The number of nitrogens with zero attached hydrogens (tertiary/aromatic N) is 3. The standard InChI is InChI=1S/C20H19FN6O3S/c21-12-1-3-13(4-2-12)24-20-26-17(25-19(22)27-20)10-31-11-18(28)23-14-5-6-15-16(9-14)30-8-7-29-15/h1-6,9H,7-8,10-11H2,(H,23,28)(H3,22,24,25,26,27). The topological polar surface area (TPSA) is 124 Å². The highest BCUT2D eigenvalue weighted by Crippen LogP contribution is 2.32. The van der Waals surface area contributed by atoms with Gasteiger partial charge in [0.1, 0.15) is 24.9 Å². The number of fused-ring (bicyclic) bond motifs is 1. The molecule has 11 heteroatoms. The molecule has 2 aromatic carbocycles. The number of anilines is 4. The summed E-state index contributed by atoms with van der Waals surface area (Å²) in [5.41, 5.74) is 7.00. The summed E-state index contributed by atoms with van der Waals surface area (Å²) in [6.45, 7) is 0.991. The number of nitrogen functional groups attached to an aromatic ring is 1. The average Bonchev–Trinajstić information content (AvgIpc) is 2.75. The van der Waals surface area contributed by atoms with E-state index in [9.17, 15) is 9.18 Å². The minimum atomic E-state index is -0.340. The molecule has 1 aromatic heterocycles. The van der Waals surface area contributed by atoms with E-state index in [0.717, 1.165) is 0 Å². The van der Waals surface area contributed by atoms with Crippen LogP contribution in [0.2, 0.25) is 0 Å². The molecule has 0 unspecified atom stereocenters. The molecule has 4 rings (SSSR count). The highest BCUT2D eigenvalue weighted by molar-refractivity contribution is 7.99. The van der Waals surface area contributed by atoms with E-state index in [1.165, 1.54) is 23.9 Å². The van der Waals surface area contributed by atoms with Gasteiger partial charge in [0.2, 0.25) is 17.8 Å². The maximum Gasteiger partial charge on any atom is 0.234 e. The van der Waals surface area contributed by atoms with Gasteiger partial charge in [-0.05, 0) is 36.4 Å². The Morgan fingerprint density at radius 1 is 1.03 bits per heavy atom. The number of benzene rings is 2. The molecule has 31 heavy (non-hydrogen) atoms. The van der Waals surface area contributed by atoms with Crippen molar-refractivity contribution in [2.45, 2.75) is 5.75 Å². The number of thioether (sulfide) groups is 1. The van der Waals surface area contributed by atoms with Crippen molar-refractivity contribution < 1.29 is 18.7 Å². The van der Waals surface area contributed by atoms with Crippen molar-refractivity contribution in [3.63, 3.8) is 0 Å². The molecular weight excluding hydrogens is 423 g/mol. The van der Waals surface area contributed by atoms with Crippen LogP contribution < -0.4 is 25.8 Å². The first-order chi connectivity index (χ1) is 15.0. The fourth-order valence-electron chi connectivity index (χ4n) is 2.77. The Bertz CT molecular complexity index is 1080. The predicted molar refractivity (Wildman–Crippen MR) is 116 cm³/mol. The first-order valence-corrected chi connectivity index (χ1v) is 10.5. The van der Waals surface area contributed by atoms with Gasteiger partial charge >= 0.3 is 0 Å². The third-order valence-electron chi connectivity index (χ3n) is 4.09. The van der Waals surface area contributed by atoms with Crippen molar-refractivity contribution in [3.8, 4) is 11.5 Å². The number of nitrogens with two attached hydrogens (primary N) is 1. The van der Waals surface area contributed by atoms with Crippen LogP contribution >= 0.6 is 11.8 Å². The van der Waals surface area contributed by atoms with E-state index < -0.39 is 0 Å². The maximum absolute atomic E-state index is 13.0. The van der Waals surface area contributed by atoms with Gasteiger partial charge in [0.05, 0.1) is 11.5 Å². The van der Waals surface area contributed by atoms with Crippen molar-refractivity contribution in [3.05, 3.63) is 54.1 Å². The van der Waals surface area contributed by atoms with Crippen molar-refractivity contribution in [1.82, 2.24) is 15.0 Å². The second-order valence-electron chi connectivity index (χ2n) is 6.46. The summed E-state index contributed by atoms with van der Waals surface area (Å²) in [5, 5.41) is 5.77. The summed E-state index contributed by atoms with van der Waals surface area (Å²) in [6, 6.07) is 11.0. The number of hydrogen-bond donors (Lipinski definition) is 3. The second kappa shape index (κ2) is 9.47. The van der Waals surface area contributed by atoms with Crippen molar-refractivity contribution in [2.24, 2.45) is 0 Å². The number of hydrogen-bond acceptors (Lipinski definition) is 9. The molecule has 0 saturated carbocycles. The Morgan fingerprint density at radius 2 is 1.77 bits per heavy atom. The Morgan fingerprint density at radius 3 is 2.58 bits per heavy atom. The minimum absolute atomic E-state index is 0.0518. The first-order valence-electron chi connectivity index (χ1n) is 9.35. The molecule has 160 valence electrons. The maximum atomic E-state index is 13.0. The fraction of sp³-hybridized carbons (Fsp3) is 0.200. The Hall–Kier alpha value is -3.60. The van der Waals surface area contributed by atoms with Crippen LogP contribution in [0.4, 0.5) is 27.7 Å². The lowest BCUT2D eigenvalue weighted by Crippen LogP contribution is -2.17. The van der Waals surface area contributed by atoms with Gasteiger partial charge in [-0.2, -0.15) is 15.0 Å². The van der Waals surface area contributed by atoms with Crippen LogP contribution in [0.1, 0.15) is 5.82 Å². The van der Waals surface area contributed by atoms with Crippen molar-refractivity contribution in [2.75, 3.05) is 35.3 Å². The number of halogens is 1. The SMILES string of the molecule is Nc1nc(CSCC(=O)Nc2ccc3c(c2)OCCO3)nc(Nc2ccc(F)cc2)n1. The van der Waals surface area contributed by atoms with Gasteiger partial charge in [0.15, 0.2) is 11.5 Å². The van der Waals surface area contributed by atoms with Crippen LogP contribution in [0.25, 0.3) is 0 Å².